The molecule has 0 amide bonds. The lowest BCUT2D eigenvalue weighted by Crippen LogP contribution is -1.98. The maximum Gasteiger partial charge on any atom is 0.118 e. The summed E-state index contributed by atoms with van der Waals surface area (Å²) in [4.78, 5) is 0. The van der Waals surface area contributed by atoms with Crippen LogP contribution in [-0.2, 0) is 0 Å². The number of aliphatic hydroxyl groups is 1. The van der Waals surface area contributed by atoms with E-state index in [1.54, 1.807) is 0 Å². The summed E-state index contributed by atoms with van der Waals surface area (Å²) in [6.45, 7) is 7.77. The van der Waals surface area contributed by atoms with Crippen molar-refractivity contribution in [3.63, 3.8) is 0 Å². The van der Waals surface area contributed by atoms with E-state index >= 15 is 0 Å². The van der Waals surface area contributed by atoms with Gasteiger partial charge in [0.25, 0.3) is 0 Å². The topological polar surface area (TPSA) is 20.2 Å². The van der Waals surface area contributed by atoms with Gasteiger partial charge in [0.1, 0.15) is 5.76 Å². The second-order valence-electron chi connectivity index (χ2n) is 3.13. The van der Waals surface area contributed by atoms with Crippen molar-refractivity contribution in [1.82, 2.24) is 0 Å². The second kappa shape index (κ2) is 2.95. The molecule has 0 saturated carbocycles. The highest BCUT2D eigenvalue weighted by atomic mass is 16.3. The third-order valence-corrected chi connectivity index (χ3v) is 1.98. The molecule has 1 aliphatic carbocycles. The van der Waals surface area contributed by atoms with Crippen LogP contribution in [0.4, 0.5) is 0 Å². The molecule has 1 heteroatoms. The van der Waals surface area contributed by atoms with Crippen LogP contribution in [0.3, 0.4) is 0 Å². The highest BCUT2D eigenvalue weighted by Gasteiger charge is 2.10. The van der Waals surface area contributed by atoms with Gasteiger partial charge in [0.05, 0.1) is 0 Å². The summed E-state index contributed by atoms with van der Waals surface area (Å²) in [5.74, 6) is 0.404. The molecule has 1 nitrogen and oxygen atoms in total. The fraction of sp³-hybridized carbons (Fsp3) is 0.400. The molecular formula is C10H14O. The summed E-state index contributed by atoms with van der Waals surface area (Å²) < 4.78 is 0. The maximum absolute atomic E-state index is 9.45. The van der Waals surface area contributed by atoms with Gasteiger partial charge in [-0.1, -0.05) is 17.7 Å². The van der Waals surface area contributed by atoms with E-state index in [2.05, 4.69) is 6.58 Å². The molecule has 0 aromatic heterocycles. The minimum atomic E-state index is 0.404. The number of rotatable bonds is 1. The van der Waals surface area contributed by atoms with Gasteiger partial charge in [-0.15, -0.1) is 0 Å². The first-order valence-electron chi connectivity index (χ1n) is 3.86. The van der Waals surface area contributed by atoms with Crippen molar-refractivity contribution in [2.75, 3.05) is 0 Å². The highest BCUT2D eigenvalue weighted by molar-refractivity contribution is 5.38. The van der Waals surface area contributed by atoms with E-state index in [9.17, 15) is 5.11 Å². The van der Waals surface area contributed by atoms with E-state index in [0.717, 1.165) is 24.0 Å². The third-order valence-electron chi connectivity index (χ3n) is 1.98. The molecule has 1 aliphatic rings. The van der Waals surface area contributed by atoms with Gasteiger partial charge in [-0.25, -0.2) is 0 Å². The van der Waals surface area contributed by atoms with Crippen molar-refractivity contribution in [2.45, 2.75) is 26.7 Å². The van der Waals surface area contributed by atoms with Gasteiger partial charge in [-0.05, 0) is 38.3 Å². The molecule has 60 valence electrons. The zero-order valence-electron chi connectivity index (χ0n) is 7.15. The summed E-state index contributed by atoms with van der Waals surface area (Å²) in [6, 6.07) is 0. The third kappa shape index (κ3) is 1.73. The van der Waals surface area contributed by atoms with Crippen molar-refractivity contribution in [2.24, 2.45) is 0 Å². The van der Waals surface area contributed by atoms with Crippen LogP contribution in [0.25, 0.3) is 0 Å². The van der Waals surface area contributed by atoms with E-state index < -0.39 is 0 Å². The molecule has 11 heavy (non-hydrogen) atoms. The Bertz CT molecular complexity index is 244. The van der Waals surface area contributed by atoms with Gasteiger partial charge in [-0.3, -0.25) is 0 Å². The van der Waals surface area contributed by atoms with E-state index in [1.807, 2.05) is 19.9 Å². The summed E-state index contributed by atoms with van der Waals surface area (Å²) >= 11 is 0. The molecule has 0 spiro atoms. The zero-order chi connectivity index (χ0) is 8.43. The normalized spacial score (nSPS) is 18.2. The van der Waals surface area contributed by atoms with E-state index in [0.29, 0.717) is 5.76 Å². The number of aliphatic hydroxyl groups excluding tert-OH is 1. The Balaban J connectivity index is 2.95. The minimum absolute atomic E-state index is 0.404. The first-order chi connectivity index (χ1) is 5.11. The molecule has 1 N–H and O–H groups in total. The van der Waals surface area contributed by atoms with Gasteiger partial charge in [0.2, 0.25) is 0 Å². The predicted molar refractivity (Wildman–Crippen MR) is 47.5 cm³/mol. The summed E-state index contributed by atoms with van der Waals surface area (Å²) in [6.07, 6.45) is 3.81. The molecular weight excluding hydrogens is 136 g/mol. The first kappa shape index (κ1) is 8.12. The summed E-state index contributed by atoms with van der Waals surface area (Å²) in [5.41, 5.74) is 3.23. The average molecular weight is 150 g/mol. The van der Waals surface area contributed by atoms with Crippen molar-refractivity contribution >= 4 is 0 Å². The van der Waals surface area contributed by atoms with Crippen LogP contribution in [0.15, 0.2) is 35.1 Å². The lowest BCUT2D eigenvalue weighted by Gasteiger charge is -2.14. The molecule has 0 aromatic rings. The number of hydrogen-bond donors (Lipinski definition) is 1. The van der Waals surface area contributed by atoms with Crippen LogP contribution in [0, 0.1) is 0 Å². The predicted octanol–water partition coefficient (Wildman–Crippen LogP) is 3.11. The van der Waals surface area contributed by atoms with Gasteiger partial charge in [-0.2, -0.15) is 0 Å². The quantitative estimate of drug-likeness (QED) is 0.609. The summed E-state index contributed by atoms with van der Waals surface area (Å²) in [5, 5.41) is 9.45. The highest BCUT2D eigenvalue weighted by Crippen LogP contribution is 2.26. The standard InChI is InChI=1S/C10H14O/c1-7(2)9-5-4-8(3)6-10(9)11/h6,11H,1,4-5H2,2-3H3. The van der Waals surface area contributed by atoms with Gasteiger partial charge in [0.15, 0.2) is 0 Å². The SMILES string of the molecule is C=C(C)C1=C(O)C=C(C)CC1. The Morgan fingerprint density at radius 3 is 2.64 bits per heavy atom. The van der Waals surface area contributed by atoms with Crippen LogP contribution in [0.2, 0.25) is 0 Å². The molecule has 0 bridgehead atoms. The lowest BCUT2D eigenvalue weighted by molar-refractivity contribution is 0.419. The fourth-order valence-corrected chi connectivity index (χ4v) is 1.27. The zero-order valence-corrected chi connectivity index (χ0v) is 7.15. The van der Waals surface area contributed by atoms with Crippen LogP contribution in [0.5, 0.6) is 0 Å². The van der Waals surface area contributed by atoms with Gasteiger partial charge < -0.3 is 5.11 Å². The Hall–Kier alpha value is -0.980. The molecule has 0 aliphatic heterocycles. The van der Waals surface area contributed by atoms with Gasteiger partial charge >= 0.3 is 0 Å². The first-order valence-corrected chi connectivity index (χ1v) is 3.86. The van der Waals surface area contributed by atoms with Crippen molar-refractivity contribution in [3.05, 3.63) is 35.1 Å². The lowest BCUT2D eigenvalue weighted by atomic mass is 9.94. The molecule has 0 saturated heterocycles. The molecule has 0 fully saturated rings. The number of allylic oxidation sites excluding steroid dienone is 4. The molecule has 0 aromatic carbocycles. The fourth-order valence-electron chi connectivity index (χ4n) is 1.27. The number of hydrogen-bond acceptors (Lipinski definition) is 1. The van der Waals surface area contributed by atoms with Gasteiger partial charge in [0, 0.05) is 0 Å². The Kier molecular flexibility index (Phi) is 2.18. The Morgan fingerprint density at radius 2 is 2.18 bits per heavy atom. The Labute approximate surface area is 67.7 Å². The van der Waals surface area contributed by atoms with Crippen LogP contribution in [-0.4, -0.2) is 5.11 Å². The smallest absolute Gasteiger partial charge is 0.118 e. The molecule has 1 rings (SSSR count). The average Bonchev–Trinajstić information content (AvgIpc) is 1.85. The second-order valence-corrected chi connectivity index (χ2v) is 3.13. The summed E-state index contributed by atoms with van der Waals surface area (Å²) in [7, 11) is 0. The minimum Gasteiger partial charge on any atom is -0.508 e. The molecule has 0 heterocycles. The molecule has 0 atom stereocenters. The van der Waals surface area contributed by atoms with Crippen molar-refractivity contribution in [3.8, 4) is 0 Å². The van der Waals surface area contributed by atoms with Crippen LogP contribution >= 0.6 is 0 Å². The molecule has 0 radical (unpaired) electrons. The van der Waals surface area contributed by atoms with Crippen LogP contribution < -0.4 is 0 Å². The van der Waals surface area contributed by atoms with E-state index in [-0.39, 0.29) is 0 Å². The molecule has 0 unspecified atom stereocenters. The van der Waals surface area contributed by atoms with Crippen LogP contribution in [0.1, 0.15) is 26.7 Å². The van der Waals surface area contributed by atoms with Crippen molar-refractivity contribution < 1.29 is 5.11 Å². The largest absolute Gasteiger partial charge is 0.508 e. The maximum atomic E-state index is 9.45. The van der Waals surface area contributed by atoms with E-state index in [1.165, 1.54) is 5.57 Å². The van der Waals surface area contributed by atoms with E-state index in [4.69, 9.17) is 0 Å². The van der Waals surface area contributed by atoms with Crippen molar-refractivity contribution in [1.29, 1.82) is 0 Å². The monoisotopic (exact) mass is 150 g/mol. The Morgan fingerprint density at radius 1 is 1.55 bits per heavy atom.